The largest absolute Gasteiger partial charge is 0.424 e. The van der Waals surface area contributed by atoms with Crippen LogP contribution in [0.3, 0.4) is 0 Å². The van der Waals surface area contributed by atoms with E-state index in [1.54, 1.807) is 6.20 Å². The summed E-state index contributed by atoms with van der Waals surface area (Å²) in [6, 6.07) is 6.15. The molecular weight excluding hydrogens is 216 g/mol. The van der Waals surface area contributed by atoms with Crippen molar-refractivity contribution in [3.05, 3.63) is 30.2 Å². The van der Waals surface area contributed by atoms with Gasteiger partial charge in [0, 0.05) is 12.6 Å². The van der Waals surface area contributed by atoms with Crippen molar-refractivity contribution in [1.82, 2.24) is 14.5 Å². The van der Waals surface area contributed by atoms with Gasteiger partial charge in [0.2, 0.25) is 0 Å². The van der Waals surface area contributed by atoms with Gasteiger partial charge in [0.05, 0.1) is 17.2 Å². The number of hydrogen-bond donors (Lipinski definition) is 1. The maximum atomic E-state index is 5.46. The number of fused-ring (bicyclic) bond motifs is 1. The van der Waals surface area contributed by atoms with E-state index < -0.39 is 0 Å². The number of aryl methyl sites for hydroxylation is 2. The molecule has 0 amide bonds. The summed E-state index contributed by atoms with van der Waals surface area (Å²) in [6.07, 6.45) is 1.62. The first-order chi connectivity index (χ1) is 8.15. The molecule has 5 nitrogen and oxygen atoms in total. The third kappa shape index (κ3) is 1.47. The smallest absolute Gasteiger partial charge is 0.292 e. The molecule has 5 heteroatoms. The van der Waals surface area contributed by atoms with Crippen LogP contribution in [-0.4, -0.2) is 14.5 Å². The lowest BCUT2D eigenvalue weighted by atomic mass is 10.1. The van der Waals surface area contributed by atoms with Crippen molar-refractivity contribution < 1.29 is 4.42 Å². The van der Waals surface area contributed by atoms with Crippen molar-refractivity contribution >= 4 is 17.0 Å². The molecule has 17 heavy (non-hydrogen) atoms. The summed E-state index contributed by atoms with van der Waals surface area (Å²) in [6.45, 7) is 1.98. The maximum Gasteiger partial charge on any atom is 0.292 e. The Bertz CT molecular complexity index is 696. The first kappa shape index (κ1) is 9.89. The fourth-order valence-electron chi connectivity index (χ4n) is 1.89. The van der Waals surface area contributed by atoms with E-state index in [0.29, 0.717) is 5.76 Å². The van der Waals surface area contributed by atoms with Crippen molar-refractivity contribution in [2.75, 3.05) is 5.73 Å². The summed E-state index contributed by atoms with van der Waals surface area (Å²) in [5, 5.41) is 0. The molecule has 0 aliphatic rings. The molecule has 0 saturated heterocycles. The summed E-state index contributed by atoms with van der Waals surface area (Å²) in [5.74, 6) is 1.64. The molecule has 3 rings (SSSR count). The van der Waals surface area contributed by atoms with E-state index in [1.165, 1.54) is 0 Å². The second kappa shape index (κ2) is 3.35. The lowest BCUT2D eigenvalue weighted by Crippen LogP contribution is -1.89. The first-order valence-corrected chi connectivity index (χ1v) is 5.30. The number of rotatable bonds is 1. The fourth-order valence-corrected chi connectivity index (χ4v) is 1.89. The molecule has 0 radical (unpaired) electrons. The van der Waals surface area contributed by atoms with Gasteiger partial charge < -0.3 is 14.7 Å². The van der Waals surface area contributed by atoms with Crippen molar-refractivity contribution in [3.63, 3.8) is 0 Å². The Morgan fingerprint density at radius 1 is 1.35 bits per heavy atom. The van der Waals surface area contributed by atoms with Crippen molar-refractivity contribution in [2.24, 2.45) is 7.05 Å². The van der Waals surface area contributed by atoms with Gasteiger partial charge in [-0.3, -0.25) is 0 Å². The summed E-state index contributed by atoms with van der Waals surface area (Å²) in [4.78, 5) is 8.36. The zero-order chi connectivity index (χ0) is 12.0. The van der Waals surface area contributed by atoms with Gasteiger partial charge >= 0.3 is 0 Å². The maximum absolute atomic E-state index is 5.46. The molecule has 2 N–H and O–H groups in total. The van der Waals surface area contributed by atoms with Gasteiger partial charge in [-0.1, -0.05) is 0 Å². The predicted molar refractivity (Wildman–Crippen MR) is 65.4 cm³/mol. The van der Waals surface area contributed by atoms with Gasteiger partial charge in [0.25, 0.3) is 6.01 Å². The quantitative estimate of drug-likeness (QED) is 0.692. The van der Waals surface area contributed by atoms with Crippen LogP contribution >= 0.6 is 0 Å². The minimum Gasteiger partial charge on any atom is -0.424 e. The molecular formula is C12H12N4O. The standard InChI is InChI=1S/C12H12N4O/c1-7-15-9-5-8(3-4-10(9)16(7)2)11-6-14-12(13)17-11/h3-6H,1-2H3,(H2,13,14). The van der Waals surface area contributed by atoms with Crippen LogP contribution in [0.2, 0.25) is 0 Å². The average molecular weight is 228 g/mol. The Hall–Kier alpha value is -2.30. The van der Waals surface area contributed by atoms with Crippen LogP contribution in [0.15, 0.2) is 28.8 Å². The Morgan fingerprint density at radius 2 is 2.18 bits per heavy atom. The van der Waals surface area contributed by atoms with E-state index in [1.807, 2.05) is 36.7 Å². The van der Waals surface area contributed by atoms with E-state index in [9.17, 15) is 0 Å². The van der Waals surface area contributed by atoms with Gasteiger partial charge in [-0.25, -0.2) is 9.97 Å². The van der Waals surface area contributed by atoms with Crippen LogP contribution in [0.4, 0.5) is 6.01 Å². The lowest BCUT2D eigenvalue weighted by molar-refractivity contribution is 0.595. The van der Waals surface area contributed by atoms with Crippen LogP contribution in [0.1, 0.15) is 5.82 Å². The van der Waals surface area contributed by atoms with E-state index >= 15 is 0 Å². The van der Waals surface area contributed by atoms with Crippen molar-refractivity contribution in [3.8, 4) is 11.3 Å². The summed E-state index contributed by atoms with van der Waals surface area (Å²) in [5.41, 5.74) is 8.43. The third-order valence-corrected chi connectivity index (χ3v) is 2.91. The van der Waals surface area contributed by atoms with Crippen LogP contribution < -0.4 is 5.73 Å². The minimum absolute atomic E-state index is 0.178. The normalized spacial score (nSPS) is 11.2. The number of aromatic nitrogens is 3. The number of hydrogen-bond acceptors (Lipinski definition) is 4. The fraction of sp³-hybridized carbons (Fsp3) is 0.167. The van der Waals surface area contributed by atoms with Gasteiger partial charge in [-0.2, -0.15) is 0 Å². The molecule has 0 saturated carbocycles. The third-order valence-electron chi connectivity index (χ3n) is 2.91. The predicted octanol–water partition coefficient (Wildman–Crippen LogP) is 2.12. The SMILES string of the molecule is Cc1nc2cc(-c3cnc(N)o3)ccc2n1C. The summed E-state index contributed by atoms with van der Waals surface area (Å²) < 4.78 is 7.34. The molecule has 2 heterocycles. The molecule has 0 atom stereocenters. The highest BCUT2D eigenvalue weighted by Gasteiger charge is 2.08. The Kier molecular flexibility index (Phi) is 1.95. The van der Waals surface area contributed by atoms with Gasteiger partial charge in [-0.05, 0) is 25.1 Å². The molecule has 86 valence electrons. The molecule has 0 fully saturated rings. The molecule has 0 bridgehead atoms. The monoisotopic (exact) mass is 228 g/mol. The average Bonchev–Trinajstić information content (AvgIpc) is 2.85. The zero-order valence-electron chi connectivity index (χ0n) is 9.64. The van der Waals surface area contributed by atoms with Gasteiger partial charge in [0.15, 0.2) is 5.76 Å². The Labute approximate surface area is 97.9 Å². The lowest BCUT2D eigenvalue weighted by Gasteiger charge is -1.98. The van der Waals surface area contributed by atoms with E-state index in [0.717, 1.165) is 22.4 Å². The second-order valence-corrected chi connectivity index (χ2v) is 3.98. The minimum atomic E-state index is 0.178. The summed E-state index contributed by atoms with van der Waals surface area (Å²) >= 11 is 0. The Morgan fingerprint density at radius 3 is 2.88 bits per heavy atom. The number of benzene rings is 1. The molecule has 3 aromatic rings. The zero-order valence-corrected chi connectivity index (χ0v) is 9.64. The summed E-state index contributed by atoms with van der Waals surface area (Å²) in [7, 11) is 2.00. The van der Waals surface area contributed by atoms with Gasteiger partial charge in [-0.15, -0.1) is 0 Å². The molecule has 0 aliphatic heterocycles. The highest BCUT2D eigenvalue weighted by Crippen LogP contribution is 2.25. The molecule has 0 aliphatic carbocycles. The van der Waals surface area contributed by atoms with Gasteiger partial charge in [0.1, 0.15) is 5.82 Å². The number of nitrogens with two attached hydrogens (primary N) is 1. The topological polar surface area (TPSA) is 69.9 Å². The van der Waals surface area contributed by atoms with Crippen LogP contribution in [0, 0.1) is 6.92 Å². The van der Waals surface area contributed by atoms with Crippen molar-refractivity contribution in [1.29, 1.82) is 0 Å². The Balaban J connectivity index is 2.20. The van der Waals surface area contributed by atoms with E-state index in [4.69, 9.17) is 10.2 Å². The highest BCUT2D eigenvalue weighted by atomic mass is 16.4. The van der Waals surface area contributed by atoms with Crippen molar-refractivity contribution in [2.45, 2.75) is 6.92 Å². The van der Waals surface area contributed by atoms with Crippen LogP contribution in [-0.2, 0) is 7.05 Å². The molecule has 0 spiro atoms. The van der Waals surface area contributed by atoms with Crippen LogP contribution in [0.5, 0.6) is 0 Å². The van der Waals surface area contributed by atoms with E-state index in [2.05, 4.69) is 9.97 Å². The molecule has 1 aromatic carbocycles. The first-order valence-electron chi connectivity index (χ1n) is 5.30. The number of anilines is 1. The molecule has 0 unspecified atom stereocenters. The number of nitrogens with zero attached hydrogens (tertiary/aromatic N) is 3. The highest BCUT2D eigenvalue weighted by molar-refractivity contribution is 5.81. The van der Waals surface area contributed by atoms with Crippen LogP contribution in [0.25, 0.3) is 22.4 Å². The van der Waals surface area contributed by atoms with E-state index in [-0.39, 0.29) is 6.01 Å². The number of imidazole rings is 1. The molecule has 2 aromatic heterocycles. The number of nitrogen functional groups attached to an aromatic ring is 1. The number of oxazole rings is 1. The second-order valence-electron chi connectivity index (χ2n) is 3.98.